The van der Waals surface area contributed by atoms with E-state index in [2.05, 4.69) is 28.4 Å². The van der Waals surface area contributed by atoms with Gasteiger partial charge in [-0.25, -0.2) is 4.68 Å². The maximum Gasteiger partial charge on any atom is 0.188 e. The Labute approximate surface area is 148 Å². The Morgan fingerprint density at radius 2 is 2.08 bits per heavy atom. The van der Waals surface area contributed by atoms with E-state index in [0.717, 1.165) is 31.5 Å². The van der Waals surface area contributed by atoms with Crippen LogP contribution in [0.4, 0.5) is 5.82 Å². The molecule has 0 amide bonds. The van der Waals surface area contributed by atoms with Crippen LogP contribution in [0.5, 0.6) is 0 Å². The predicted octanol–water partition coefficient (Wildman–Crippen LogP) is 1.96. The van der Waals surface area contributed by atoms with E-state index in [1.807, 2.05) is 30.3 Å². The molecule has 1 aromatic heterocycles. The zero-order valence-electron chi connectivity index (χ0n) is 14.6. The molecular formula is C18H25N7. The first-order valence-corrected chi connectivity index (χ1v) is 8.54. The smallest absolute Gasteiger partial charge is 0.188 e. The number of nitrogens with one attached hydrogen (secondary N) is 1. The summed E-state index contributed by atoms with van der Waals surface area (Å²) >= 11 is 0. The number of hydrogen-bond acceptors (Lipinski definition) is 4. The molecule has 5 N–H and O–H groups in total. The second-order valence-electron chi connectivity index (χ2n) is 5.72. The van der Waals surface area contributed by atoms with E-state index < -0.39 is 0 Å². The molecule has 0 fully saturated rings. The van der Waals surface area contributed by atoms with E-state index in [-0.39, 0.29) is 0 Å². The SMILES string of the molecule is CCCCNC(N)=NCCCc1nn(-c2ccccc2)c(N)c1C#N. The van der Waals surface area contributed by atoms with Crippen LogP contribution in [0.1, 0.15) is 37.4 Å². The summed E-state index contributed by atoms with van der Waals surface area (Å²) in [6.45, 7) is 3.54. The highest BCUT2D eigenvalue weighted by atomic mass is 15.3. The number of aliphatic imine (C=N–C) groups is 1. The molecule has 7 heteroatoms. The molecule has 0 radical (unpaired) electrons. The molecular weight excluding hydrogens is 314 g/mol. The highest BCUT2D eigenvalue weighted by Gasteiger charge is 2.15. The van der Waals surface area contributed by atoms with Crippen molar-refractivity contribution in [3.63, 3.8) is 0 Å². The van der Waals surface area contributed by atoms with Crippen LogP contribution in [0.15, 0.2) is 35.3 Å². The number of aryl methyl sites for hydroxylation is 1. The summed E-state index contributed by atoms with van der Waals surface area (Å²) in [6, 6.07) is 11.7. The Bertz CT molecular complexity index is 741. The fourth-order valence-electron chi connectivity index (χ4n) is 2.44. The van der Waals surface area contributed by atoms with Crippen molar-refractivity contribution in [2.24, 2.45) is 10.7 Å². The molecule has 0 aliphatic carbocycles. The fourth-order valence-corrected chi connectivity index (χ4v) is 2.44. The van der Waals surface area contributed by atoms with Gasteiger partial charge in [-0.1, -0.05) is 31.5 Å². The molecule has 0 saturated carbocycles. The van der Waals surface area contributed by atoms with Gasteiger partial charge in [0.25, 0.3) is 0 Å². The minimum absolute atomic E-state index is 0.368. The first-order chi connectivity index (χ1) is 12.2. The van der Waals surface area contributed by atoms with Crippen molar-refractivity contribution in [2.45, 2.75) is 32.6 Å². The first-order valence-electron chi connectivity index (χ1n) is 8.54. The summed E-state index contributed by atoms with van der Waals surface area (Å²) in [5.41, 5.74) is 13.9. The number of anilines is 1. The Morgan fingerprint density at radius 1 is 1.32 bits per heavy atom. The van der Waals surface area contributed by atoms with E-state index in [9.17, 15) is 5.26 Å². The summed E-state index contributed by atoms with van der Waals surface area (Å²) in [5.74, 6) is 0.830. The van der Waals surface area contributed by atoms with Crippen LogP contribution in [-0.4, -0.2) is 28.8 Å². The van der Waals surface area contributed by atoms with E-state index in [1.165, 1.54) is 0 Å². The summed E-state index contributed by atoms with van der Waals surface area (Å²) in [4.78, 5) is 4.29. The van der Waals surface area contributed by atoms with Gasteiger partial charge < -0.3 is 16.8 Å². The number of nitrogens with two attached hydrogens (primary N) is 2. The van der Waals surface area contributed by atoms with Gasteiger partial charge in [-0.2, -0.15) is 10.4 Å². The minimum atomic E-state index is 0.368. The van der Waals surface area contributed by atoms with Gasteiger partial charge in [0.1, 0.15) is 17.5 Å². The highest BCUT2D eigenvalue weighted by molar-refractivity contribution is 5.77. The van der Waals surface area contributed by atoms with E-state index >= 15 is 0 Å². The number of aromatic nitrogens is 2. The zero-order chi connectivity index (χ0) is 18.1. The lowest BCUT2D eigenvalue weighted by molar-refractivity contribution is 0.740. The largest absolute Gasteiger partial charge is 0.382 e. The quantitative estimate of drug-likeness (QED) is 0.386. The number of hydrogen-bond donors (Lipinski definition) is 3. The van der Waals surface area contributed by atoms with Crippen molar-refractivity contribution in [3.05, 3.63) is 41.6 Å². The summed E-state index contributed by atoms with van der Waals surface area (Å²) in [5, 5.41) is 17.0. The monoisotopic (exact) mass is 339 g/mol. The highest BCUT2D eigenvalue weighted by Crippen LogP contribution is 2.21. The van der Waals surface area contributed by atoms with E-state index in [0.29, 0.717) is 36.0 Å². The number of nitrogen functional groups attached to an aromatic ring is 1. The van der Waals surface area contributed by atoms with Crippen molar-refractivity contribution in [1.29, 1.82) is 5.26 Å². The third-order valence-electron chi connectivity index (χ3n) is 3.80. The van der Waals surface area contributed by atoms with Crippen molar-refractivity contribution in [3.8, 4) is 11.8 Å². The summed E-state index contributed by atoms with van der Waals surface area (Å²) in [6.07, 6.45) is 3.55. The molecule has 2 aromatic rings. The minimum Gasteiger partial charge on any atom is -0.382 e. The van der Waals surface area contributed by atoms with Crippen LogP contribution in [0.2, 0.25) is 0 Å². The second kappa shape index (κ2) is 9.33. The molecule has 0 unspecified atom stereocenters. The number of rotatable bonds is 8. The number of guanidine groups is 1. The maximum absolute atomic E-state index is 9.38. The predicted molar refractivity (Wildman–Crippen MR) is 100 cm³/mol. The third-order valence-corrected chi connectivity index (χ3v) is 3.80. The standard InChI is InChI=1S/C18H25N7/c1-2-3-11-22-18(21)23-12-7-10-16-15(13-19)17(20)25(24-16)14-8-5-4-6-9-14/h4-6,8-9H,2-3,7,10-12,20H2,1H3,(H3,21,22,23). The Kier molecular flexibility index (Phi) is 6.84. The van der Waals surface area contributed by atoms with Gasteiger partial charge in [-0.05, 0) is 31.4 Å². The van der Waals surface area contributed by atoms with Crippen molar-refractivity contribution in [2.75, 3.05) is 18.8 Å². The molecule has 2 rings (SSSR count). The second-order valence-corrected chi connectivity index (χ2v) is 5.72. The van der Waals surface area contributed by atoms with Gasteiger partial charge in [0.15, 0.2) is 5.96 Å². The maximum atomic E-state index is 9.38. The molecule has 0 atom stereocenters. The van der Waals surface area contributed by atoms with Crippen LogP contribution in [-0.2, 0) is 6.42 Å². The normalized spacial score (nSPS) is 11.3. The van der Waals surface area contributed by atoms with Gasteiger partial charge >= 0.3 is 0 Å². The number of unbranched alkanes of at least 4 members (excludes halogenated alkanes) is 1. The van der Waals surface area contributed by atoms with Gasteiger partial charge in [0.05, 0.1) is 11.4 Å². The number of para-hydroxylation sites is 1. The number of nitriles is 1. The first kappa shape index (κ1) is 18.3. The average molecular weight is 339 g/mol. The van der Waals surface area contributed by atoms with Crippen LogP contribution >= 0.6 is 0 Å². The molecule has 0 saturated heterocycles. The van der Waals surface area contributed by atoms with E-state index in [4.69, 9.17) is 11.5 Å². The third kappa shape index (κ3) is 4.98. The van der Waals surface area contributed by atoms with Crippen LogP contribution in [0.3, 0.4) is 0 Å². The van der Waals surface area contributed by atoms with E-state index in [1.54, 1.807) is 4.68 Å². The van der Waals surface area contributed by atoms with Gasteiger partial charge in [-0.3, -0.25) is 4.99 Å². The molecule has 0 aliphatic heterocycles. The Hall–Kier alpha value is -3.01. The summed E-state index contributed by atoms with van der Waals surface area (Å²) in [7, 11) is 0. The summed E-state index contributed by atoms with van der Waals surface area (Å²) < 4.78 is 1.61. The van der Waals surface area contributed by atoms with Crippen molar-refractivity contribution >= 4 is 11.8 Å². The van der Waals surface area contributed by atoms with Crippen molar-refractivity contribution < 1.29 is 0 Å². The molecule has 0 spiro atoms. The molecule has 1 aromatic carbocycles. The van der Waals surface area contributed by atoms with Crippen molar-refractivity contribution in [1.82, 2.24) is 15.1 Å². The average Bonchev–Trinajstić information content (AvgIpc) is 2.95. The zero-order valence-corrected chi connectivity index (χ0v) is 14.6. The topological polar surface area (TPSA) is 118 Å². The molecule has 0 bridgehead atoms. The lowest BCUT2D eigenvalue weighted by Crippen LogP contribution is -2.32. The fraction of sp³-hybridized carbons (Fsp3) is 0.389. The Balaban J connectivity index is 1.99. The lowest BCUT2D eigenvalue weighted by Gasteiger charge is -2.04. The molecule has 1 heterocycles. The molecule has 132 valence electrons. The van der Waals surface area contributed by atoms with Gasteiger partial charge in [0.2, 0.25) is 0 Å². The van der Waals surface area contributed by atoms with Crippen LogP contribution < -0.4 is 16.8 Å². The number of benzene rings is 1. The molecule has 7 nitrogen and oxygen atoms in total. The number of nitrogens with zero attached hydrogens (tertiary/aromatic N) is 4. The molecule has 0 aliphatic rings. The Morgan fingerprint density at radius 3 is 2.76 bits per heavy atom. The van der Waals surface area contributed by atoms with Gasteiger partial charge in [0, 0.05) is 13.1 Å². The van der Waals surface area contributed by atoms with Crippen LogP contribution in [0, 0.1) is 11.3 Å². The molecule has 25 heavy (non-hydrogen) atoms. The van der Waals surface area contributed by atoms with Crippen LogP contribution in [0.25, 0.3) is 5.69 Å². The van der Waals surface area contributed by atoms with Gasteiger partial charge in [-0.15, -0.1) is 0 Å². The lowest BCUT2D eigenvalue weighted by atomic mass is 10.1.